The molecule has 1 N–H and O–H groups in total. The second kappa shape index (κ2) is 4.96. The molecule has 19 heavy (non-hydrogen) atoms. The molecular weight excluding hydrogens is 266 g/mol. The highest BCUT2D eigenvalue weighted by Gasteiger charge is 2.16. The number of benzene rings is 1. The average Bonchev–Trinajstić information content (AvgIpc) is 2.84. The minimum atomic E-state index is -3.36. The molecule has 0 saturated heterocycles. The van der Waals surface area contributed by atoms with E-state index in [1.54, 1.807) is 26.0 Å². The summed E-state index contributed by atoms with van der Waals surface area (Å²) in [6.45, 7) is 5.15. The Kier molecular flexibility index (Phi) is 3.52. The number of aromatic nitrogens is 4. The van der Waals surface area contributed by atoms with Gasteiger partial charge in [0.25, 0.3) is 0 Å². The van der Waals surface area contributed by atoms with E-state index in [9.17, 15) is 8.42 Å². The molecule has 0 spiro atoms. The van der Waals surface area contributed by atoms with Gasteiger partial charge in [0.15, 0.2) is 0 Å². The monoisotopic (exact) mass is 281 g/mol. The summed E-state index contributed by atoms with van der Waals surface area (Å²) in [6, 6.07) is 5.23. The zero-order valence-electron chi connectivity index (χ0n) is 10.9. The Bertz CT molecular complexity index is 664. The first kappa shape index (κ1) is 13.5. The summed E-state index contributed by atoms with van der Waals surface area (Å²) in [4.78, 5) is 0. The zero-order valence-corrected chi connectivity index (χ0v) is 11.7. The highest BCUT2D eigenvalue weighted by atomic mass is 32.2. The Hall–Kier alpha value is -1.96. The summed E-state index contributed by atoms with van der Waals surface area (Å²) in [5.74, 6) is 0. The summed E-state index contributed by atoms with van der Waals surface area (Å²) in [5.41, 5.74) is 2.17. The number of sulfonamides is 1. The smallest absolute Gasteiger partial charge is 0.235 e. The van der Waals surface area contributed by atoms with E-state index in [2.05, 4.69) is 20.2 Å². The van der Waals surface area contributed by atoms with Crippen molar-refractivity contribution in [1.29, 1.82) is 0 Å². The Labute approximate surface area is 111 Å². The Balaban J connectivity index is 2.38. The molecule has 7 nitrogen and oxygen atoms in total. The average molecular weight is 281 g/mol. The van der Waals surface area contributed by atoms with Crippen molar-refractivity contribution < 1.29 is 8.42 Å². The van der Waals surface area contributed by atoms with Crippen molar-refractivity contribution in [3.05, 3.63) is 30.1 Å². The fourth-order valence-corrected chi connectivity index (χ4v) is 2.16. The van der Waals surface area contributed by atoms with E-state index in [4.69, 9.17) is 0 Å². The molecular formula is C11H15N5O2S. The number of nitrogens with zero attached hydrogens (tertiary/aromatic N) is 4. The van der Waals surface area contributed by atoms with Crippen molar-refractivity contribution in [1.82, 2.24) is 20.2 Å². The highest BCUT2D eigenvalue weighted by molar-refractivity contribution is 7.93. The van der Waals surface area contributed by atoms with Gasteiger partial charge in [0.1, 0.15) is 6.33 Å². The molecule has 1 aromatic carbocycles. The molecule has 2 aromatic rings. The van der Waals surface area contributed by atoms with Gasteiger partial charge >= 0.3 is 0 Å². The predicted octanol–water partition coefficient (Wildman–Crippen LogP) is 1.12. The first-order valence-electron chi connectivity index (χ1n) is 5.76. The van der Waals surface area contributed by atoms with Crippen LogP contribution in [0.3, 0.4) is 0 Å². The lowest BCUT2D eigenvalue weighted by Crippen LogP contribution is -2.22. The maximum absolute atomic E-state index is 11.8. The van der Waals surface area contributed by atoms with Crippen LogP contribution < -0.4 is 4.72 Å². The molecule has 0 fully saturated rings. The van der Waals surface area contributed by atoms with Crippen molar-refractivity contribution >= 4 is 15.7 Å². The molecule has 0 aliphatic heterocycles. The van der Waals surface area contributed by atoms with E-state index in [-0.39, 0.29) is 0 Å². The van der Waals surface area contributed by atoms with Gasteiger partial charge in [-0.15, -0.1) is 5.10 Å². The molecule has 0 aliphatic rings. The van der Waals surface area contributed by atoms with Crippen LogP contribution in [0.1, 0.15) is 19.4 Å². The third kappa shape index (κ3) is 2.90. The third-order valence-corrected chi connectivity index (χ3v) is 4.45. The second-order valence-electron chi connectivity index (χ2n) is 4.45. The number of nitrogens with one attached hydrogen (secondary N) is 1. The summed E-state index contributed by atoms with van der Waals surface area (Å²) < 4.78 is 27.7. The van der Waals surface area contributed by atoms with Crippen LogP contribution in [0.5, 0.6) is 0 Å². The standard InChI is InChI=1S/C11H15N5O2S/c1-8(2)19(17,18)13-10-5-4-9(3)11(6-10)16-7-12-14-15-16/h4-8,13H,1-3H3. The first-order valence-corrected chi connectivity index (χ1v) is 7.30. The van der Waals surface area contributed by atoms with Crippen LogP contribution in [-0.4, -0.2) is 33.9 Å². The minimum Gasteiger partial charge on any atom is -0.283 e. The summed E-state index contributed by atoms with van der Waals surface area (Å²) >= 11 is 0. The Morgan fingerprint density at radius 1 is 1.32 bits per heavy atom. The van der Waals surface area contributed by atoms with Crippen LogP contribution in [0.4, 0.5) is 5.69 Å². The van der Waals surface area contributed by atoms with Gasteiger partial charge in [-0.2, -0.15) is 0 Å². The molecule has 0 atom stereocenters. The van der Waals surface area contributed by atoms with Gasteiger partial charge in [-0.05, 0) is 48.9 Å². The fraction of sp³-hybridized carbons (Fsp3) is 0.364. The van der Waals surface area contributed by atoms with Crippen LogP contribution in [0.15, 0.2) is 24.5 Å². The van der Waals surface area contributed by atoms with E-state index in [0.717, 1.165) is 11.3 Å². The van der Waals surface area contributed by atoms with Gasteiger partial charge in [-0.25, -0.2) is 13.1 Å². The molecule has 0 radical (unpaired) electrons. The number of anilines is 1. The van der Waals surface area contributed by atoms with Gasteiger partial charge in [0.2, 0.25) is 10.0 Å². The molecule has 0 bridgehead atoms. The lowest BCUT2D eigenvalue weighted by Gasteiger charge is -2.12. The van der Waals surface area contributed by atoms with E-state index >= 15 is 0 Å². The van der Waals surface area contributed by atoms with Gasteiger partial charge in [0.05, 0.1) is 16.6 Å². The number of tetrazole rings is 1. The van der Waals surface area contributed by atoms with Crippen molar-refractivity contribution in [2.45, 2.75) is 26.0 Å². The van der Waals surface area contributed by atoms with Crippen LogP contribution in [0.2, 0.25) is 0 Å². The Morgan fingerprint density at radius 2 is 2.05 bits per heavy atom. The molecule has 2 rings (SSSR count). The van der Waals surface area contributed by atoms with Gasteiger partial charge in [0, 0.05) is 0 Å². The molecule has 8 heteroatoms. The quantitative estimate of drug-likeness (QED) is 0.907. The fourth-order valence-electron chi connectivity index (χ4n) is 1.47. The summed E-state index contributed by atoms with van der Waals surface area (Å²) in [6.07, 6.45) is 1.46. The zero-order chi connectivity index (χ0) is 14.0. The van der Waals surface area contributed by atoms with E-state index in [1.807, 2.05) is 13.0 Å². The van der Waals surface area contributed by atoms with Crippen LogP contribution in [0.25, 0.3) is 5.69 Å². The van der Waals surface area contributed by atoms with Crippen LogP contribution >= 0.6 is 0 Å². The topological polar surface area (TPSA) is 89.8 Å². The molecule has 102 valence electrons. The second-order valence-corrected chi connectivity index (χ2v) is 6.69. The van der Waals surface area contributed by atoms with Crippen molar-refractivity contribution in [2.24, 2.45) is 0 Å². The molecule has 0 aliphatic carbocycles. The van der Waals surface area contributed by atoms with Crippen molar-refractivity contribution in [3.8, 4) is 5.69 Å². The van der Waals surface area contributed by atoms with Gasteiger partial charge < -0.3 is 0 Å². The maximum Gasteiger partial charge on any atom is 0.235 e. The van der Waals surface area contributed by atoms with Crippen LogP contribution in [0, 0.1) is 6.92 Å². The maximum atomic E-state index is 11.8. The normalized spacial score (nSPS) is 11.8. The molecule has 0 unspecified atom stereocenters. The first-order chi connectivity index (χ1) is 8.90. The SMILES string of the molecule is Cc1ccc(NS(=O)(=O)C(C)C)cc1-n1cnnn1. The van der Waals surface area contributed by atoms with E-state index in [1.165, 1.54) is 11.0 Å². The molecule has 0 saturated carbocycles. The number of aryl methyl sites for hydroxylation is 1. The number of rotatable bonds is 4. The Morgan fingerprint density at radius 3 is 2.63 bits per heavy atom. The number of hydrogen-bond acceptors (Lipinski definition) is 5. The van der Waals surface area contributed by atoms with Gasteiger partial charge in [-0.1, -0.05) is 6.07 Å². The van der Waals surface area contributed by atoms with Gasteiger partial charge in [-0.3, -0.25) is 4.72 Å². The third-order valence-electron chi connectivity index (χ3n) is 2.69. The van der Waals surface area contributed by atoms with E-state index in [0.29, 0.717) is 5.69 Å². The highest BCUT2D eigenvalue weighted by Crippen LogP contribution is 2.20. The summed E-state index contributed by atoms with van der Waals surface area (Å²) in [5, 5.41) is 10.4. The predicted molar refractivity (Wildman–Crippen MR) is 71.6 cm³/mol. The van der Waals surface area contributed by atoms with E-state index < -0.39 is 15.3 Å². The lowest BCUT2D eigenvalue weighted by atomic mass is 10.2. The summed E-state index contributed by atoms with van der Waals surface area (Å²) in [7, 11) is -3.36. The minimum absolute atomic E-state index is 0.491. The van der Waals surface area contributed by atoms with Crippen molar-refractivity contribution in [2.75, 3.05) is 4.72 Å². The number of hydrogen-bond donors (Lipinski definition) is 1. The largest absolute Gasteiger partial charge is 0.283 e. The molecule has 1 aromatic heterocycles. The lowest BCUT2D eigenvalue weighted by molar-refractivity contribution is 0.593. The van der Waals surface area contributed by atoms with Crippen LogP contribution in [-0.2, 0) is 10.0 Å². The molecule has 0 amide bonds. The molecule has 1 heterocycles. The van der Waals surface area contributed by atoms with Crippen molar-refractivity contribution in [3.63, 3.8) is 0 Å².